The number of aliphatic carboxylic acids is 1. The molecule has 0 saturated carbocycles. The van der Waals surface area contributed by atoms with Gasteiger partial charge >= 0.3 is 5.97 Å². The maximum atomic E-state index is 10.3. The van der Waals surface area contributed by atoms with Crippen LogP contribution in [0.15, 0.2) is 18.2 Å². The second-order valence-corrected chi connectivity index (χ2v) is 2.85. The van der Waals surface area contributed by atoms with Crippen LogP contribution >= 0.6 is 0 Å². The van der Waals surface area contributed by atoms with E-state index < -0.39 is 5.97 Å². The standard InChI is InChI=1S/C10H12NO2/c11-7-9-3-1-2-8(6-9)4-5-10(12)13/h2-3,6H,4-5,7,11H2,(H,12,13). The SMILES string of the molecule is NCc1c[c]cc(CCC(=O)O)c1. The molecule has 1 aromatic rings. The van der Waals surface area contributed by atoms with Gasteiger partial charge in [-0.2, -0.15) is 0 Å². The number of benzene rings is 1. The quantitative estimate of drug-likeness (QED) is 0.721. The van der Waals surface area contributed by atoms with E-state index in [2.05, 4.69) is 6.07 Å². The van der Waals surface area contributed by atoms with E-state index in [1.807, 2.05) is 12.1 Å². The molecule has 0 amide bonds. The van der Waals surface area contributed by atoms with Crippen molar-refractivity contribution in [1.29, 1.82) is 0 Å². The normalized spacial score (nSPS) is 9.92. The van der Waals surface area contributed by atoms with Gasteiger partial charge in [-0.3, -0.25) is 4.79 Å². The first-order chi connectivity index (χ1) is 6.22. The van der Waals surface area contributed by atoms with Crippen LogP contribution in [0, 0.1) is 6.07 Å². The van der Waals surface area contributed by atoms with Gasteiger partial charge in [-0.15, -0.1) is 0 Å². The molecule has 0 unspecified atom stereocenters. The third-order valence-electron chi connectivity index (χ3n) is 1.77. The van der Waals surface area contributed by atoms with Crippen LogP contribution in [-0.4, -0.2) is 11.1 Å². The summed E-state index contributed by atoms with van der Waals surface area (Å²) in [6, 6.07) is 8.45. The van der Waals surface area contributed by atoms with E-state index in [0.29, 0.717) is 13.0 Å². The van der Waals surface area contributed by atoms with E-state index in [9.17, 15) is 4.79 Å². The average Bonchev–Trinajstić information content (AvgIpc) is 2.15. The molecule has 0 aliphatic heterocycles. The Morgan fingerprint density at radius 1 is 1.46 bits per heavy atom. The second kappa shape index (κ2) is 4.62. The minimum absolute atomic E-state index is 0.155. The van der Waals surface area contributed by atoms with Gasteiger partial charge in [-0.05, 0) is 29.7 Å². The van der Waals surface area contributed by atoms with Crippen LogP contribution in [0.25, 0.3) is 0 Å². The van der Waals surface area contributed by atoms with Gasteiger partial charge in [0.15, 0.2) is 0 Å². The maximum Gasteiger partial charge on any atom is 0.303 e. The van der Waals surface area contributed by atoms with Gasteiger partial charge < -0.3 is 10.8 Å². The summed E-state index contributed by atoms with van der Waals surface area (Å²) in [5.41, 5.74) is 7.40. The Bertz CT molecular complexity index is 297. The van der Waals surface area contributed by atoms with Crippen molar-refractivity contribution in [3.8, 4) is 0 Å². The molecule has 0 heterocycles. The lowest BCUT2D eigenvalue weighted by molar-refractivity contribution is -0.136. The summed E-state index contributed by atoms with van der Waals surface area (Å²) in [6.07, 6.45) is 0.696. The molecular formula is C10H12NO2. The van der Waals surface area contributed by atoms with Gasteiger partial charge in [0.1, 0.15) is 0 Å². The summed E-state index contributed by atoms with van der Waals surface area (Å²) in [4.78, 5) is 10.3. The molecule has 3 nitrogen and oxygen atoms in total. The number of aryl methyl sites for hydroxylation is 1. The summed E-state index contributed by atoms with van der Waals surface area (Å²) >= 11 is 0. The molecule has 0 bridgehead atoms. The summed E-state index contributed by atoms with van der Waals surface area (Å²) in [5, 5.41) is 8.47. The van der Waals surface area contributed by atoms with Crippen LogP contribution in [0.3, 0.4) is 0 Å². The number of carboxylic acids is 1. The molecule has 1 rings (SSSR count). The Morgan fingerprint density at radius 2 is 2.15 bits per heavy atom. The van der Waals surface area contributed by atoms with Gasteiger partial charge in [-0.25, -0.2) is 0 Å². The van der Waals surface area contributed by atoms with Gasteiger partial charge in [0.25, 0.3) is 0 Å². The topological polar surface area (TPSA) is 63.3 Å². The zero-order valence-electron chi connectivity index (χ0n) is 7.29. The molecule has 1 aromatic carbocycles. The molecular weight excluding hydrogens is 166 g/mol. The molecule has 1 radical (unpaired) electrons. The Hall–Kier alpha value is -1.35. The van der Waals surface area contributed by atoms with Gasteiger partial charge in [0, 0.05) is 13.0 Å². The van der Waals surface area contributed by atoms with Crippen molar-refractivity contribution in [2.75, 3.05) is 0 Å². The van der Waals surface area contributed by atoms with Crippen molar-refractivity contribution >= 4 is 5.97 Å². The predicted octanol–water partition coefficient (Wildman–Crippen LogP) is 0.963. The number of nitrogens with two attached hydrogens (primary N) is 1. The van der Waals surface area contributed by atoms with Crippen LogP contribution in [0.5, 0.6) is 0 Å². The van der Waals surface area contributed by atoms with Crippen molar-refractivity contribution in [3.63, 3.8) is 0 Å². The van der Waals surface area contributed by atoms with Crippen molar-refractivity contribution < 1.29 is 9.90 Å². The number of hydrogen-bond acceptors (Lipinski definition) is 2. The zero-order chi connectivity index (χ0) is 9.68. The van der Waals surface area contributed by atoms with Crippen LogP contribution in [0.2, 0.25) is 0 Å². The molecule has 0 aliphatic rings. The largest absolute Gasteiger partial charge is 0.481 e. The molecule has 0 spiro atoms. The van der Waals surface area contributed by atoms with Crippen LogP contribution in [0.1, 0.15) is 17.5 Å². The van der Waals surface area contributed by atoms with Gasteiger partial charge in [0.2, 0.25) is 0 Å². The summed E-state index contributed by atoms with van der Waals surface area (Å²) in [5.74, 6) is -0.779. The molecule has 3 heteroatoms. The fourth-order valence-corrected chi connectivity index (χ4v) is 1.09. The Balaban J connectivity index is 2.61. The van der Waals surface area contributed by atoms with E-state index in [1.165, 1.54) is 0 Å². The number of carbonyl (C=O) groups is 1. The summed E-state index contributed by atoms with van der Waals surface area (Å²) < 4.78 is 0. The highest BCUT2D eigenvalue weighted by atomic mass is 16.4. The van der Waals surface area contributed by atoms with Crippen LogP contribution in [-0.2, 0) is 17.8 Å². The first-order valence-corrected chi connectivity index (χ1v) is 4.13. The highest BCUT2D eigenvalue weighted by Gasteiger charge is 1.99. The minimum Gasteiger partial charge on any atom is -0.481 e. The number of carboxylic acid groups (broad SMARTS) is 1. The van der Waals surface area contributed by atoms with E-state index >= 15 is 0 Å². The lowest BCUT2D eigenvalue weighted by atomic mass is 10.1. The third kappa shape index (κ3) is 3.25. The fourth-order valence-electron chi connectivity index (χ4n) is 1.09. The highest BCUT2D eigenvalue weighted by molar-refractivity contribution is 5.67. The molecule has 0 fully saturated rings. The highest BCUT2D eigenvalue weighted by Crippen LogP contribution is 2.06. The Morgan fingerprint density at radius 3 is 2.77 bits per heavy atom. The number of hydrogen-bond donors (Lipinski definition) is 2. The van der Waals surface area contributed by atoms with E-state index in [0.717, 1.165) is 11.1 Å². The Kier molecular flexibility index (Phi) is 3.46. The zero-order valence-corrected chi connectivity index (χ0v) is 7.29. The van der Waals surface area contributed by atoms with E-state index in [4.69, 9.17) is 10.8 Å². The minimum atomic E-state index is -0.779. The van der Waals surface area contributed by atoms with Crippen molar-refractivity contribution in [2.45, 2.75) is 19.4 Å². The monoisotopic (exact) mass is 178 g/mol. The van der Waals surface area contributed by atoms with E-state index in [-0.39, 0.29) is 6.42 Å². The van der Waals surface area contributed by atoms with Gasteiger partial charge in [-0.1, -0.05) is 12.1 Å². The predicted molar refractivity (Wildman–Crippen MR) is 49.1 cm³/mol. The van der Waals surface area contributed by atoms with Crippen molar-refractivity contribution in [2.24, 2.45) is 5.73 Å². The molecule has 69 valence electrons. The molecule has 0 aromatic heterocycles. The Labute approximate surface area is 77.2 Å². The molecule has 13 heavy (non-hydrogen) atoms. The first-order valence-electron chi connectivity index (χ1n) is 4.13. The van der Waals surface area contributed by atoms with Crippen molar-refractivity contribution in [3.05, 3.63) is 35.4 Å². The lowest BCUT2D eigenvalue weighted by Crippen LogP contribution is -2.00. The molecule has 0 aliphatic carbocycles. The van der Waals surface area contributed by atoms with E-state index in [1.54, 1.807) is 6.07 Å². The van der Waals surface area contributed by atoms with Crippen LogP contribution in [0.4, 0.5) is 0 Å². The molecule has 3 N–H and O–H groups in total. The third-order valence-corrected chi connectivity index (χ3v) is 1.77. The molecule has 0 saturated heterocycles. The van der Waals surface area contributed by atoms with Crippen LogP contribution < -0.4 is 5.73 Å². The smallest absolute Gasteiger partial charge is 0.303 e. The summed E-state index contributed by atoms with van der Waals surface area (Å²) in [7, 11) is 0. The second-order valence-electron chi connectivity index (χ2n) is 2.85. The summed E-state index contributed by atoms with van der Waals surface area (Å²) in [6.45, 7) is 0.470. The van der Waals surface area contributed by atoms with Crippen molar-refractivity contribution in [1.82, 2.24) is 0 Å². The first kappa shape index (κ1) is 9.74. The maximum absolute atomic E-state index is 10.3. The fraction of sp³-hybridized carbons (Fsp3) is 0.300. The number of rotatable bonds is 4. The van der Waals surface area contributed by atoms with Gasteiger partial charge in [0.05, 0.1) is 0 Å². The lowest BCUT2D eigenvalue weighted by Gasteiger charge is -2.00. The molecule has 0 atom stereocenters. The average molecular weight is 178 g/mol.